The quantitative estimate of drug-likeness (QED) is 0.787. The average molecular weight is 196 g/mol. The van der Waals surface area contributed by atoms with Gasteiger partial charge < -0.3 is 9.52 Å². The minimum atomic E-state index is -0.737. The highest BCUT2D eigenvalue weighted by Crippen LogP contribution is 2.31. The first-order chi connectivity index (χ1) is 6.64. The zero-order chi connectivity index (χ0) is 10.6. The van der Waals surface area contributed by atoms with Crippen LogP contribution in [-0.2, 0) is 11.2 Å². The van der Waals surface area contributed by atoms with Gasteiger partial charge in [-0.1, -0.05) is 13.8 Å². The lowest BCUT2D eigenvalue weighted by atomic mass is 9.78. The van der Waals surface area contributed by atoms with Crippen molar-refractivity contribution in [2.75, 3.05) is 0 Å². The van der Waals surface area contributed by atoms with Crippen LogP contribution >= 0.6 is 0 Å². The van der Waals surface area contributed by atoms with Crippen LogP contribution in [0.5, 0.6) is 0 Å². The van der Waals surface area contributed by atoms with Crippen molar-refractivity contribution in [3.8, 4) is 0 Å². The summed E-state index contributed by atoms with van der Waals surface area (Å²) in [5.74, 6) is 0.00926. The van der Waals surface area contributed by atoms with E-state index in [-0.39, 0.29) is 0 Å². The van der Waals surface area contributed by atoms with Gasteiger partial charge in [-0.3, -0.25) is 4.79 Å². The Kier molecular flexibility index (Phi) is 3.33. The molecular formula is C11H16O3. The Morgan fingerprint density at radius 2 is 2.14 bits per heavy atom. The van der Waals surface area contributed by atoms with Crippen LogP contribution in [0, 0.1) is 5.41 Å². The fourth-order valence-electron chi connectivity index (χ4n) is 1.62. The first kappa shape index (κ1) is 10.8. The fourth-order valence-corrected chi connectivity index (χ4v) is 1.62. The number of hydrogen-bond donors (Lipinski definition) is 1. The van der Waals surface area contributed by atoms with Crippen LogP contribution in [0.25, 0.3) is 0 Å². The summed E-state index contributed by atoms with van der Waals surface area (Å²) < 4.78 is 5.18. The van der Waals surface area contributed by atoms with Gasteiger partial charge in [-0.25, -0.2) is 0 Å². The van der Waals surface area contributed by atoms with Gasteiger partial charge in [0.25, 0.3) is 0 Å². The Balaban J connectivity index is 2.83. The van der Waals surface area contributed by atoms with Crippen LogP contribution in [0.2, 0.25) is 0 Å². The highest BCUT2D eigenvalue weighted by atomic mass is 16.4. The SMILES string of the molecule is CCC(CC)(Cc1ccco1)C(=O)O. The van der Waals surface area contributed by atoms with Gasteiger partial charge in [-0.05, 0) is 25.0 Å². The van der Waals surface area contributed by atoms with Gasteiger partial charge in [0.15, 0.2) is 0 Å². The van der Waals surface area contributed by atoms with E-state index >= 15 is 0 Å². The van der Waals surface area contributed by atoms with Gasteiger partial charge in [0, 0.05) is 6.42 Å². The van der Waals surface area contributed by atoms with Crippen molar-refractivity contribution in [3.05, 3.63) is 24.2 Å². The second kappa shape index (κ2) is 4.31. The van der Waals surface area contributed by atoms with E-state index in [1.54, 1.807) is 12.3 Å². The Morgan fingerprint density at radius 1 is 1.50 bits per heavy atom. The lowest BCUT2D eigenvalue weighted by molar-refractivity contribution is -0.149. The van der Waals surface area contributed by atoms with E-state index in [1.807, 2.05) is 19.9 Å². The molecule has 0 fully saturated rings. The minimum absolute atomic E-state index is 0.475. The topological polar surface area (TPSA) is 50.4 Å². The van der Waals surface area contributed by atoms with Gasteiger partial charge in [0.2, 0.25) is 0 Å². The van der Waals surface area contributed by atoms with Gasteiger partial charge >= 0.3 is 5.97 Å². The molecule has 0 unspecified atom stereocenters. The third-order valence-electron chi connectivity index (χ3n) is 2.90. The van der Waals surface area contributed by atoms with Crippen molar-refractivity contribution in [2.45, 2.75) is 33.1 Å². The number of carboxylic acids is 1. The lowest BCUT2D eigenvalue weighted by Gasteiger charge is -2.25. The maximum absolute atomic E-state index is 11.2. The molecule has 0 atom stereocenters. The molecule has 78 valence electrons. The molecule has 1 aromatic heterocycles. The largest absolute Gasteiger partial charge is 0.481 e. The Bertz CT molecular complexity index is 283. The molecular weight excluding hydrogens is 180 g/mol. The molecule has 0 amide bonds. The molecule has 0 bridgehead atoms. The second-order valence-electron chi connectivity index (χ2n) is 3.55. The molecule has 3 heteroatoms. The van der Waals surface area contributed by atoms with Gasteiger partial charge in [-0.15, -0.1) is 0 Å². The van der Waals surface area contributed by atoms with Crippen molar-refractivity contribution >= 4 is 5.97 Å². The van der Waals surface area contributed by atoms with E-state index in [2.05, 4.69) is 0 Å². The first-order valence-corrected chi connectivity index (χ1v) is 4.90. The molecule has 0 spiro atoms. The van der Waals surface area contributed by atoms with Crippen molar-refractivity contribution in [2.24, 2.45) is 5.41 Å². The number of carboxylic acid groups (broad SMARTS) is 1. The fraction of sp³-hybridized carbons (Fsp3) is 0.545. The number of aliphatic carboxylic acids is 1. The summed E-state index contributed by atoms with van der Waals surface area (Å²) >= 11 is 0. The summed E-state index contributed by atoms with van der Waals surface area (Å²) in [6, 6.07) is 3.61. The number of furan rings is 1. The van der Waals surface area contributed by atoms with E-state index < -0.39 is 11.4 Å². The molecule has 0 aliphatic rings. The number of rotatable bonds is 5. The second-order valence-corrected chi connectivity index (χ2v) is 3.55. The van der Waals surface area contributed by atoms with E-state index in [9.17, 15) is 9.90 Å². The average Bonchev–Trinajstić information content (AvgIpc) is 2.66. The number of carbonyl (C=O) groups is 1. The highest BCUT2D eigenvalue weighted by molar-refractivity contribution is 5.74. The zero-order valence-corrected chi connectivity index (χ0v) is 8.62. The third-order valence-corrected chi connectivity index (χ3v) is 2.90. The molecule has 0 saturated carbocycles. The van der Waals surface area contributed by atoms with E-state index in [4.69, 9.17) is 4.42 Å². The molecule has 14 heavy (non-hydrogen) atoms. The van der Waals surface area contributed by atoms with Gasteiger partial charge in [0.05, 0.1) is 11.7 Å². The zero-order valence-electron chi connectivity index (χ0n) is 8.62. The maximum Gasteiger partial charge on any atom is 0.310 e. The molecule has 0 saturated heterocycles. The lowest BCUT2D eigenvalue weighted by Crippen LogP contribution is -2.31. The van der Waals surface area contributed by atoms with Crippen LogP contribution in [0.15, 0.2) is 22.8 Å². The summed E-state index contributed by atoms with van der Waals surface area (Å²) in [4.78, 5) is 11.2. The monoisotopic (exact) mass is 196 g/mol. The maximum atomic E-state index is 11.2. The normalized spacial score (nSPS) is 11.6. The Labute approximate surface area is 83.7 Å². The molecule has 1 N–H and O–H groups in total. The van der Waals surface area contributed by atoms with Crippen molar-refractivity contribution in [1.29, 1.82) is 0 Å². The van der Waals surface area contributed by atoms with Crippen LogP contribution in [0.3, 0.4) is 0 Å². The molecule has 0 radical (unpaired) electrons. The third kappa shape index (κ3) is 1.97. The van der Waals surface area contributed by atoms with Gasteiger partial charge in [-0.2, -0.15) is 0 Å². The molecule has 0 aliphatic carbocycles. The standard InChI is InChI=1S/C11H16O3/c1-3-11(4-2,10(12)13)8-9-6-5-7-14-9/h5-7H,3-4,8H2,1-2H3,(H,12,13). The summed E-state index contributed by atoms with van der Waals surface area (Å²) in [5.41, 5.74) is -0.669. The predicted molar refractivity (Wildman–Crippen MR) is 53.1 cm³/mol. The first-order valence-electron chi connectivity index (χ1n) is 4.90. The molecule has 1 aromatic rings. The van der Waals surface area contributed by atoms with E-state index in [0.717, 1.165) is 5.76 Å². The van der Waals surface area contributed by atoms with Crippen molar-refractivity contribution in [3.63, 3.8) is 0 Å². The smallest absolute Gasteiger partial charge is 0.310 e. The van der Waals surface area contributed by atoms with Crippen molar-refractivity contribution < 1.29 is 14.3 Å². The predicted octanol–water partition coefficient (Wildman–Crippen LogP) is 2.71. The minimum Gasteiger partial charge on any atom is -0.481 e. The van der Waals surface area contributed by atoms with E-state index in [0.29, 0.717) is 19.3 Å². The van der Waals surface area contributed by atoms with Gasteiger partial charge in [0.1, 0.15) is 5.76 Å². The van der Waals surface area contributed by atoms with Crippen LogP contribution in [0.1, 0.15) is 32.4 Å². The van der Waals surface area contributed by atoms with Crippen LogP contribution in [-0.4, -0.2) is 11.1 Å². The molecule has 1 rings (SSSR count). The highest BCUT2D eigenvalue weighted by Gasteiger charge is 2.35. The summed E-state index contributed by atoms with van der Waals surface area (Å²) in [5, 5.41) is 9.18. The van der Waals surface area contributed by atoms with Crippen LogP contribution in [0.4, 0.5) is 0 Å². The molecule has 3 nitrogen and oxygen atoms in total. The molecule has 1 heterocycles. The summed E-state index contributed by atoms with van der Waals surface area (Å²) in [6.07, 6.45) is 3.30. The van der Waals surface area contributed by atoms with Crippen molar-refractivity contribution in [1.82, 2.24) is 0 Å². The summed E-state index contributed by atoms with van der Waals surface area (Å²) in [7, 11) is 0. The summed E-state index contributed by atoms with van der Waals surface area (Å²) in [6.45, 7) is 3.81. The molecule has 0 aliphatic heterocycles. The Morgan fingerprint density at radius 3 is 2.50 bits per heavy atom. The molecule has 0 aromatic carbocycles. The number of hydrogen-bond acceptors (Lipinski definition) is 2. The van der Waals surface area contributed by atoms with E-state index in [1.165, 1.54) is 0 Å². The van der Waals surface area contributed by atoms with Crippen LogP contribution < -0.4 is 0 Å². The Hall–Kier alpha value is -1.25.